The molecule has 0 bridgehead atoms. The number of carbonyl (C=O) groups excluding carboxylic acids is 1. The Morgan fingerprint density at radius 2 is 2.05 bits per heavy atom. The molecule has 0 aromatic heterocycles. The van der Waals surface area contributed by atoms with Crippen LogP contribution in [0, 0.1) is 0 Å². The summed E-state index contributed by atoms with van der Waals surface area (Å²) in [5.41, 5.74) is 7.23. The Kier molecular flexibility index (Phi) is 5.36. The quantitative estimate of drug-likeness (QED) is 0.858. The molecule has 1 fully saturated rings. The minimum Gasteiger partial charge on any atom is -0.341 e. The van der Waals surface area contributed by atoms with Crippen molar-refractivity contribution in [1.29, 1.82) is 0 Å². The lowest BCUT2D eigenvalue weighted by atomic mass is 10.0. The van der Waals surface area contributed by atoms with Crippen molar-refractivity contribution in [2.24, 2.45) is 5.73 Å². The molecule has 1 aliphatic heterocycles. The first kappa shape index (κ1) is 14.0. The van der Waals surface area contributed by atoms with Gasteiger partial charge >= 0.3 is 0 Å². The van der Waals surface area contributed by atoms with Crippen molar-refractivity contribution in [3.05, 3.63) is 35.9 Å². The molecule has 1 unspecified atom stereocenters. The number of nitrogens with zero attached hydrogens (tertiary/aromatic N) is 1. The third-order valence-corrected chi connectivity index (χ3v) is 3.59. The largest absolute Gasteiger partial charge is 0.341 e. The Hall–Kier alpha value is -1.39. The Labute approximate surface area is 115 Å². The van der Waals surface area contributed by atoms with Gasteiger partial charge in [-0.25, -0.2) is 0 Å². The predicted molar refractivity (Wildman–Crippen MR) is 76.7 cm³/mol. The molecule has 1 saturated heterocycles. The maximum absolute atomic E-state index is 12.1. The summed E-state index contributed by atoms with van der Waals surface area (Å²) in [5, 5.41) is 3.30. The van der Waals surface area contributed by atoms with Crippen molar-refractivity contribution in [3.63, 3.8) is 0 Å². The van der Waals surface area contributed by atoms with Gasteiger partial charge in [-0.05, 0) is 24.9 Å². The lowest BCUT2D eigenvalue weighted by Crippen LogP contribution is -2.34. The number of nitrogens with two attached hydrogens (primary N) is 1. The first-order valence-electron chi connectivity index (χ1n) is 7.06. The average molecular weight is 261 g/mol. The van der Waals surface area contributed by atoms with Crippen LogP contribution >= 0.6 is 0 Å². The first-order valence-corrected chi connectivity index (χ1v) is 7.06. The van der Waals surface area contributed by atoms with Crippen LogP contribution in [0.2, 0.25) is 0 Å². The Morgan fingerprint density at radius 1 is 1.26 bits per heavy atom. The van der Waals surface area contributed by atoms with E-state index in [2.05, 4.69) is 5.32 Å². The summed E-state index contributed by atoms with van der Waals surface area (Å²) in [6, 6.07) is 9.94. The van der Waals surface area contributed by atoms with E-state index in [1.807, 2.05) is 35.2 Å². The van der Waals surface area contributed by atoms with Crippen molar-refractivity contribution < 1.29 is 4.79 Å². The first-order chi connectivity index (χ1) is 9.27. The zero-order valence-corrected chi connectivity index (χ0v) is 11.3. The monoisotopic (exact) mass is 261 g/mol. The second-order valence-electron chi connectivity index (χ2n) is 5.04. The predicted octanol–water partition coefficient (Wildman–Crippen LogP) is 1.29. The van der Waals surface area contributed by atoms with E-state index < -0.39 is 0 Å². The fraction of sp³-hybridized carbons (Fsp3) is 0.533. The van der Waals surface area contributed by atoms with Crippen LogP contribution in [-0.4, -0.2) is 37.0 Å². The highest BCUT2D eigenvalue weighted by Gasteiger charge is 2.16. The van der Waals surface area contributed by atoms with Crippen LogP contribution in [0.3, 0.4) is 0 Å². The van der Waals surface area contributed by atoms with E-state index in [1.165, 1.54) is 0 Å². The summed E-state index contributed by atoms with van der Waals surface area (Å²) in [5.74, 6) is 0.232. The van der Waals surface area contributed by atoms with Gasteiger partial charge in [0.25, 0.3) is 0 Å². The van der Waals surface area contributed by atoms with Crippen LogP contribution in [0.15, 0.2) is 30.3 Å². The van der Waals surface area contributed by atoms with Crippen LogP contribution in [0.5, 0.6) is 0 Å². The molecular formula is C15H23N3O. The molecule has 0 radical (unpaired) electrons. The molecule has 3 N–H and O–H groups in total. The molecule has 1 aromatic rings. The van der Waals surface area contributed by atoms with Crippen molar-refractivity contribution >= 4 is 5.91 Å². The third kappa shape index (κ3) is 4.33. The van der Waals surface area contributed by atoms with Gasteiger partial charge in [-0.1, -0.05) is 30.3 Å². The van der Waals surface area contributed by atoms with Gasteiger partial charge in [0.1, 0.15) is 0 Å². The maximum atomic E-state index is 12.1. The zero-order chi connectivity index (χ0) is 13.5. The molecule has 1 aliphatic rings. The standard InChI is InChI=1S/C15H23N3O/c16-14(13-5-2-1-3-6-13)7-8-15(19)18-11-4-9-17-10-12-18/h1-3,5-6,14,17H,4,7-12,16H2. The van der Waals surface area contributed by atoms with Gasteiger partial charge in [0, 0.05) is 32.1 Å². The molecule has 1 heterocycles. The van der Waals surface area contributed by atoms with Gasteiger partial charge in [-0.15, -0.1) is 0 Å². The molecule has 1 aromatic carbocycles. The summed E-state index contributed by atoms with van der Waals surface area (Å²) < 4.78 is 0. The molecule has 0 spiro atoms. The van der Waals surface area contributed by atoms with Gasteiger partial charge in [-0.2, -0.15) is 0 Å². The van der Waals surface area contributed by atoms with E-state index in [1.54, 1.807) is 0 Å². The van der Waals surface area contributed by atoms with Gasteiger partial charge in [0.05, 0.1) is 0 Å². The second-order valence-corrected chi connectivity index (χ2v) is 5.04. The number of hydrogen-bond acceptors (Lipinski definition) is 3. The van der Waals surface area contributed by atoms with E-state index in [-0.39, 0.29) is 11.9 Å². The maximum Gasteiger partial charge on any atom is 0.222 e. The summed E-state index contributed by atoms with van der Waals surface area (Å²) in [7, 11) is 0. The van der Waals surface area contributed by atoms with E-state index >= 15 is 0 Å². The summed E-state index contributed by atoms with van der Waals surface area (Å²) in [4.78, 5) is 14.1. The smallest absolute Gasteiger partial charge is 0.222 e. The number of benzene rings is 1. The van der Waals surface area contributed by atoms with E-state index in [0.29, 0.717) is 12.8 Å². The van der Waals surface area contributed by atoms with Crippen molar-refractivity contribution in [3.8, 4) is 0 Å². The molecule has 0 aliphatic carbocycles. The molecular weight excluding hydrogens is 238 g/mol. The van der Waals surface area contributed by atoms with Crippen LogP contribution in [-0.2, 0) is 4.79 Å². The average Bonchev–Trinajstić information content (AvgIpc) is 2.74. The molecule has 1 atom stereocenters. The van der Waals surface area contributed by atoms with Gasteiger partial charge < -0.3 is 16.0 Å². The van der Waals surface area contributed by atoms with Crippen molar-refractivity contribution in [1.82, 2.24) is 10.2 Å². The van der Waals surface area contributed by atoms with Crippen LogP contribution in [0.25, 0.3) is 0 Å². The molecule has 2 rings (SSSR count). The van der Waals surface area contributed by atoms with Gasteiger partial charge in [-0.3, -0.25) is 4.79 Å². The minimum absolute atomic E-state index is 0.0461. The molecule has 0 saturated carbocycles. The SMILES string of the molecule is NC(CCC(=O)N1CCCNCC1)c1ccccc1. The number of nitrogens with one attached hydrogen (secondary N) is 1. The summed E-state index contributed by atoms with van der Waals surface area (Å²) in [6.07, 6.45) is 2.29. The van der Waals surface area contributed by atoms with Crippen LogP contribution in [0.4, 0.5) is 0 Å². The van der Waals surface area contributed by atoms with E-state index in [4.69, 9.17) is 5.73 Å². The number of rotatable bonds is 4. The molecule has 4 nitrogen and oxygen atoms in total. The Balaban J connectivity index is 1.79. The molecule has 1 amide bonds. The molecule has 4 heteroatoms. The van der Waals surface area contributed by atoms with E-state index in [9.17, 15) is 4.79 Å². The summed E-state index contributed by atoms with van der Waals surface area (Å²) >= 11 is 0. The molecule has 104 valence electrons. The molecule has 19 heavy (non-hydrogen) atoms. The highest BCUT2D eigenvalue weighted by molar-refractivity contribution is 5.76. The zero-order valence-electron chi connectivity index (χ0n) is 11.3. The lowest BCUT2D eigenvalue weighted by molar-refractivity contribution is -0.131. The Bertz CT molecular complexity index is 386. The summed E-state index contributed by atoms with van der Waals surface area (Å²) in [6.45, 7) is 3.59. The fourth-order valence-electron chi connectivity index (χ4n) is 2.40. The highest BCUT2D eigenvalue weighted by Crippen LogP contribution is 2.16. The minimum atomic E-state index is -0.0461. The van der Waals surface area contributed by atoms with E-state index in [0.717, 1.165) is 38.2 Å². The number of carbonyl (C=O) groups is 1. The van der Waals surface area contributed by atoms with Crippen LogP contribution in [0.1, 0.15) is 30.9 Å². The van der Waals surface area contributed by atoms with Crippen LogP contribution < -0.4 is 11.1 Å². The second kappa shape index (κ2) is 7.26. The van der Waals surface area contributed by atoms with Crippen molar-refractivity contribution in [2.45, 2.75) is 25.3 Å². The topological polar surface area (TPSA) is 58.4 Å². The van der Waals surface area contributed by atoms with Gasteiger partial charge in [0.15, 0.2) is 0 Å². The number of hydrogen-bond donors (Lipinski definition) is 2. The normalized spacial score (nSPS) is 17.8. The fourth-order valence-corrected chi connectivity index (χ4v) is 2.40. The Morgan fingerprint density at radius 3 is 2.84 bits per heavy atom. The van der Waals surface area contributed by atoms with Gasteiger partial charge in [0.2, 0.25) is 5.91 Å². The highest BCUT2D eigenvalue weighted by atomic mass is 16.2. The number of amides is 1. The lowest BCUT2D eigenvalue weighted by Gasteiger charge is -2.21. The van der Waals surface area contributed by atoms with Crippen molar-refractivity contribution in [2.75, 3.05) is 26.2 Å². The third-order valence-electron chi connectivity index (χ3n) is 3.59.